The highest BCUT2D eigenvalue weighted by Crippen LogP contribution is 2.25. The number of nitrogens with two attached hydrogens (primary N) is 1. The summed E-state index contributed by atoms with van der Waals surface area (Å²) in [4.78, 5) is 22.0. The van der Waals surface area contributed by atoms with E-state index in [0.717, 1.165) is 21.3 Å². The molecular weight excluding hydrogens is 286 g/mol. The summed E-state index contributed by atoms with van der Waals surface area (Å²) in [5, 5.41) is 3.95. The molecule has 0 saturated heterocycles. The molecular formula is C14H19N5OS. The second-order valence-corrected chi connectivity index (χ2v) is 6.13. The fourth-order valence-electron chi connectivity index (χ4n) is 2.15. The summed E-state index contributed by atoms with van der Waals surface area (Å²) in [5.74, 6) is 5.25. The first-order chi connectivity index (χ1) is 9.92. The summed E-state index contributed by atoms with van der Waals surface area (Å²) >= 11 is 1.59. The number of nitrogen functional groups attached to an aromatic ring is 1. The summed E-state index contributed by atoms with van der Waals surface area (Å²) in [7, 11) is 0. The van der Waals surface area contributed by atoms with Crippen LogP contribution in [-0.4, -0.2) is 15.9 Å². The third-order valence-electron chi connectivity index (χ3n) is 3.12. The van der Waals surface area contributed by atoms with Gasteiger partial charge in [0.1, 0.15) is 0 Å². The Morgan fingerprint density at radius 3 is 2.67 bits per heavy atom. The van der Waals surface area contributed by atoms with Crippen LogP contribution < -0.4 is 16.6 Å². The van der Waals surface area contributed by atoms with Gasteiger partial charge in [-0.2, -0.15) is 0 Å². The van der Waals surface area contributed by atoms with Crippen LogP contribution in [0.4, 0.5) is 5.69 Å². The summed E-state index contributed by atoms with van der Waals surface area (Å²) in [6.07, 6.45) is 1.53. The Morgan fingerprint density at radius 1 is 1.38 bits per heavy atom. The molecule has 0 aliphatic heterocycles. The van der Waals surface area contributed by atoms with E-state index < -0.39 is 0 Å². The lowest BCUT2D eigenvalue weighted by Gasteiger charge is -2.15. The largest absolute Gasteiger partial charge is 0.345 e. The number of anilines is 1. The third-order valence-corrected chi connectivity index (χ3v) is 4.38. The van der Waals surface area contributed by atoms with Gasteiger partial charge in [0.05, 0.1) is 28.0 Å². The lowest BCUT2D eigenvalue weighted by atomic mass is 10.1. The Kier molecular flexibility index (Phi) is 4.54. The lowest BCUT2D eigenvalue weighted by Crippen LogP contribution is -2.28. The van der Waals surface area contributed by atoms with Crippen LogP contribution in [0.2, 0.25) is 0 Å². The van der Waals surface area contributed by atoms with Crippen molar-refractivity contribution in [2.24, 2.45) is 5.84 Å². The molecule has 1 amide bonds. The number of carbonyl (C=O) groups excluding carboxylic acids is 1. The van der Waals surface area contributed by atoms with Crippen LogP contribution in [0.3, 0.4) is 0 Å². The minimum absolute atomic E-state index is 0.115. The minimum Gasteiger partial charge on any atom is -0.345 e. The van der Waals surface area contributed by atoms with E-state index in [1.54, 1.807) is 17.4 Å². The number of nitrogens with zero attached hydrogens (tertiary/aromatic N) is 2. The molecule has 2 heterocycles. The van der Waals surface area contributed by atoms with Crippen molar-refractivity contribution in [1.82, 2.24) is 15.3 Å². The zero-order valence-corrected chi connectivity index (χ0v) is 13.3. The van der Waals surface area contributed by atoms with Gasteiger partial charge in [-0.3, -0.25) is 15.6 Å². The molecule has 112 valence electrons. The van der Waals surface area contributed by atoms with Crippen LogP contribution in [0.15, 0.2) is 12.3 Å². The fourth-order valence-corrected chi connectivity index (χ4v) is 3.08. The standard InChI is InChI=1S/C14H19N5OS/c1-7-5-12(19-15)11(6-16-7)14(20)18-9(3)13-8(2)17-10(4)21-13/h5-6,9H,15H2,1-4H3,(H,16,19)(H,18,20). The number of aryl methyl sites for hydroxylation is 3. The molecule has 1 unspecified atom stereocenters. The van der Waals surface area contributed by atoms with Crippen molar-refractivity contribution in [2.75, 3.05) is 5.43 Å². The minimum atomic E-state index is -0.214. The summed E-state index contributed by atoms with van der Waals surface area (Å²) < 4.78 is 0. The first-order valence-corrected chi connectivity index (χ1v) is 7.42. The van der Waals surface area contributed by atoms with Crippen LogP contribution in [-0.2, 0) is 0 Å². The molecule has 2 aromatic heterocycles. The van der Waals surface area contributed by atoms with E-state index >= 15 is 0 Å². The Labute approximate surface area is 127 Å². The van der Waals surface area contributed by atoms with Crippen LogP contribution in [0.25, 0.3) is 0 Å². The molecule has 0 aromatic carbocycles. The molecule has 1 atom stereocenters. The van der Waals surface area contributed by atoms with Gasteiger partial charge in [0.15, 0.2) is 0 Å². The fraction of sp³-hybridized carbons (Fsp3) is 0.357. The summed E-state index contributed by atoms with van der Waals surface area (Å²) in [6.45, 7) is 7.68. The van der Waals surface area contributed by atoms with E-state index in [9.17, 15) is 4.79 Å². The van der Waals surface area contributed by atoms with Gasteiger partial charge in [-0.05, 0) is 33.8 Å². The second kappa shape index (κ2) is 6.19. The summed E-state index contributed by atoms with van der Waals surface area (Å²) in [5.41, 5.74) is 5.26. The van der Waals surface area contributed by atoms with Gasteiger partial charge in [0.2, 0.25) is 0 Å². The molecule has 0 fully saturated rings. The van der Waals surface area contributed by atoms with Crippen molar-refractivity contribution >= 4 is 22.9 Å². The van der Waals surface area contributed by atoms with Crippen molar-refractivity contribution < 1.29 is 4.79 Å². The van der Waals surface area contributed by atoms with Crippen LogP contribution in [0, 0.1) is 20.8 Å². The number of amides is 1. The molecule has 2 rings (SSSR count). The van der Waals surface area contributed by atoms with Crippen LogP contribution >= 0.6 is 11.3 Å². The van der Waals surface area contributed by atoms with E-state index in [-0.39, 0.29) is 11.9 Å². The maximum Gasteiger partial charge on any atom is 0.255 e. The van der Waals surface area contributed by atoms with Gasteiger partial charge in [-0.15, -0.1) is 11.3 Å². The third kappa shape index (κ3) is 3.37. The van der Waals surface area contributed by atoms with E-state index in [0.29, 0.717) is 11.3 Å². The Balaban J connectivity index is 2.20. The molecule has 7 heteroatoms. The zero-order valence-electron chi connectivity index (χ0n) is 12.5. The predicted molar refractivity (Wildman–Crippen MR) is 84.3 cm³/mol. The van der Waals surface area contributed by atoms with E-state index in [2.05, 4.69) is 20.7 Å². The van der Waals surface area contributed by atoms with Gasteiger partial charge in [0, 0.05) is 16.8 Å². The topological polar surface area (TPSA) is 92.9 Å². The van der Waals surface area contributed by atoms with E-state index in [1.807, 2.05) is 27.7 Å². The average Bonchev–Trinajstić information content (AvgIpc) is 2.77. The number of carbonyl (C=O) groups is 1. The lowest BCUT2D eigenvalue weighted by molar-refractivity contribution is 0.0941. The van der Waals surface area contributed by atoms with Crippen molar-refractivity contribution in [3.8, 4) is 0 Å². The number of thiazole rings is 1. The Hall–Kier alpha value is -1.99. The van der Waals surface area contributed by atoms with Gasteiger partial charge in [-0.25, -0.2) is 4.98 Å². The maximum absolute atomic E-state index is 12.4. The van der Waals surface area contributed by atoms with Crippen molar-refractivity contribution in [1.29, 1.82) is 0 Å². The molecule has 0 radical (unpaired) electrons. The average molecular weight is 305 g/mol. The first kappa shape index (κ1) is 15.4. The number of hydrogen-bond donors (Lipinski definition) is 3. The molecule has 0 aliphatic carbocycles. The monoisotopic (exact) mass is 305 g/mol. The number of nitrogens with one attached hydrogen (secondary N) is 2. The van der Waals surface area contributed by atoms with Crippen molar-refractivity contribution in [2.45, 2.75) is 33.7 Å². The highest BCUT2D eigenvalue weighted by atomic mass is 32.1. The molecule has 6 nitrogen and oxygen atoms in total. The maximum atomic E-state index is 12.4. The first-order valence-electron chi connectivity index (χ1n) is 6.60. The highest BCUT2D eigenvalue weighted by molar-refractivity contribution is 7.11. The number of aromatic nitrogens is 2. The Morgan fingerprint density at radius 2 is 2.10 bits per heavy atom. The summed E-state index contributed by atoms with van der Waals surface area (Å²) in [6, 6.07) is 1.62. The number of hydrazine groups is 1. The number of hydrogen-bond acceptors (Lipinski definition) is 6. The molecule has 0 aliphatic rings. The van der Waals surface area contributed by atoms with E-state index in [1.165, 1.54) is 6.20 Å². The smallest absolute Gasteiger partial charge is 0.255 e. The second-order valence-electron chi connectivity index (χ2n) is 4.89. The quantitative estimate of drug-likeness (QED) is 0.595. The van der Waals surface area contributed by atoms with Crippen LogP contribution in [0.1, 0.15) is 44.6 Å². The van der Waals surface area contributed by atoms with Gasteiger partial charge in [-0.1, -0.05) is 0 Å². The van der Waals surface area contributed by atoms with E-state index in [4.69, 9.17) is 5.84 Å². The highest BCUT2D eigenvalue weighted by Gasteiger charge is 2.18. The van der Waals surface area contributed by atoms with Crippen LogP contribution in [0.5, 0.6) is 0 Å². The predicted octanol–water partition coefficient (Wildman–Crippen LogP) is 2.24. The molecule has 0 saturated carbocycles. The number of rotatable bonds is 4. The van der Waals surface area contributed by atoms with Gasteiger partial charge >= 0.3 is 0 Å². The SMILES string of the molecule is Cc1cc(NN)c(C(=O)NC(C)c2sc(C)nc2C)cn1. The molecule has 4 N–H and O–H groups in total. The molecule has 0 bridgehead atoms. The zero-order chi connectivity index (χ0) is 15.6. The van der Waals surface area contributed by atoms with Gasteiger partial charge in [0.25, 0.3) is 5.91 Å². The molecule has 2 aromatic rings. The molecule has 0 spiro atoms. The van der Waals surface area contributed by atoms with Gasteiger partial charge < -0.3 is 10.7 Å². The normalized spacial score (nSPS) is 12.0. The van der Waals surface area contributed by atoms with Crippen molar-refractivity contribution in [3.63, 3.8) is 0 Å². The Bertz CT molecular complexity index is 667. The number of pyridine rings is 1. The molecule has 21 heavy (non-hydrogen) atoms. The van der Waals surface area contributed by atoms with Crippen molar-refractivity contribution in [3.05, 3.63) is 39.1 Å².